The van der Waals surface area contributed by atoms with Crippen LogP contribution in [-0.4, -0.2) is 36.6 Å². The number of carbonyl (C=O) groups excluding carboxylic acids is 3. The van der Waals surface area contributed by atoms with E-state index in [1.807, 2.05) is 6.92 Å². The van der Waals surface area contributed by atoms with Crippen molar-refractivity contribution >= 4 is 39.9 Å². The number of benzene rings is 1. The van der Waals surface area contributed by atoms with Crippen LogP contribution in [0.1, 0.15) is 25.8 Å². The molecule has 1 aromatic rings. The van der Waals surface area contributed by atoms with Gasteiger partial charge in [0.1, 0.15) is 5.75 Å². The molecule has 0 heterocycles. The number of nitrogens with zero attached hydrogens (tertiary/aromatic N) is 1. The first-order chi connectivity index (χ1) is 11.3. The Morgan fingerprint density at radius 1 is 1.38 bits per heavy atom. The molecule has 8 nitrogen and oxygen atoms in total. The minimum Gasteiger partial charge on any atom is -0.483 e. The zero-order valence-electron chi connectivity index (χ0n) is 13.3. The third kappa shape index (κ3) is 6.78. The van der Waals surface area contributed by atoms with Crippen molar-refractivity contribution in [3.05, 3.63) is 28.2 Å². The van der Waals surface area contributed by atoms with Gasteiger partial charge in [0.25, 0.3) is 5.91 Å². The van der Waals surface area contributed by atoms with E-state index in [9.17, 15) is 14.4 Å². The summed E-state index contributed by atoms with van der Waals surface area (Å²) in [6.45, 7) is 3.47. The summed E-state index contributed by atoms with van der Waals surface area (Å²) in [4.78, 5) is 33.8. The SMILES string of the molecule is CC[C@@H](C)NC(=O)C(=O)N/N=C\c1ccc(OCC(N)=O)c(Br)c1. The van der Waals surface area contributed by atoms with E-state index in [1.54, 1.807) is 25.1 Å². The van der Waals surface area contributed by atoms with Crippen LogP contribution < -0.4 is 21.2 Å². The number of carbonyl (C=O) groups is 3. The van der Waals surface area contributed by atoms with Gasteiger partial charge in [0.05, 0.1) is 10.7 Å². The van der Waals surface area contributed by atoms with Crippen LogP contribution in [0.25, 0.3) is 0 Å². The molecule has 0 saturated carbocycles. The number of halogens is 1. The second-order valence-corrected chi connectivity index (χ2v) is 5.78. The summed E-state index contributed by atoms with van der Waals surface area (Å²) >= 11 is 3.29. The highest BCUT2D eigenvalue weighted by Gasteiger charge is 2.14. The normalized spacial score (nSPS) is 11.8. The van der Waals surface area contributed by atoms with E-state index in [2.05, 4.69) is 31.8 Å². The van der Waals surface area contributed by atoms with Crippen LogP contribution in [0.15, 0.2) is 27.8 Å². The topological polar surface area (TPSA) is 123 Å². The van der Waals surface area contributed by atoms with Crippen molar-refractivity contribution in [3.8, 4) is 5.75 Å². The van der Waals surface area contributed by atoms with Crippen molar-refractivity contribution in [3.63, 3.8) is 0 Å². The Morgan fingerprint density at radius 3 is 2.67 bits per heavy atom. The molecule has 0 radical (unpaired) electrons. The first-order valence-electron chi connectivity index (χ1n) is 7.18. The van der Waals surface area contributed by atoms with Gasteiger partial charge in [-0.3, -0.25) is 14.4 Å². The van der Waals surface area contributed by atoms with Crippen LogP contribution >= 0.6 is 15.9 Å². The number of hydrogen-bond donors (Lipinski definition) is 3. The standard InChI is InChI=1S/C15H19BrN4O4/c1-3-9(2)19-14(22)15(23)20-18-7-10-4-5-12(11(16)6-10)24-8-13(17)21/h4-7,9H,3,8H2,1-2H3,(H2,17,21)(H,19,22)(H,20,23)/b18-7-/t9-/m1/s1. The fourth-order valence-electron chi connectivity index (χ4n) is 1.47. The molecule has 0 spiro atoms. The molecule has 0 saturated heterocycles. The lowest BCUT2D eigenvalue weighted by Gasteiger charge is -2.09. The molecule has 0 aliphatic rings. The smallest absolute Gasteiger partial charge is 0.329 e. The van der Waals surface area contributed by atoms with Crippen molar-refractivity contribution in [1.82, 2.24) is 10.7 Å². The summed E-state index contributed by atoms with van der Waals surface area (Å²) in [6, 6.07) is 4.86. The molecule has 130 valence electrons. The number of amides is 3. The lowest BCUT2D eigenvalue weighted by atomic mass is 10.2. The quantitative estimate of drug-likeness (QED) is 0.354. The van der Waals surface area contributed by atoms with Crippen molar-refractivity contribution < 1.29 is 19.1 Å². The van der Waals surface area contributed by atoms with Crippen molar-refractivity contribution in [2.75, 3.05) is 6.61 Å². The molecule has 0 unspecified atom stereocenters. The number of primary amides is 1. The fourth-order valence-corrected chi connectivity index (χ4v) is 1.98. The fraction of sp³-hybridized carbons (Fsp3) is 0.333. The average Bonchev–Trinajstić information content (AvgIpc) is 2.53. The largest absolute Gasteiger partial charge is 0.483 e. The molecule has 1 aromatic carbocycles. The van der Waals surface area contributed by atoms with Crippen molar-refractivity contribution in [2.45, 2.75) is 26.3 Å². The number of ether oxygens (including phenoxy) is 1. The number of nitrogens with two attached hydrogens (primary N) is 1. The summed E-state index contributed by atoms with van der Waals surface area (Å²) in [5, 5.41) is 6.25. The molecule has 0 aliphatic carbocycles. The highest BCUT2D eigenvalue weighted by molar-refractivity contribution is 9.10. The van der Waals surface area contributed by atoms with Crippen LogP contribution in [0.2, 0.25) is 0 Å². The second-order valence-electron chi connectivity index (χ2n) is 4.93. The van der Waals surface area contributed by atoms with Crippen LogP contribution in [0.5, 0.6) is 5.75 Å². The van der Waals surface area contributed by atoms with Crippen LogP contribution in [0, 0.1) is 0 Å². The Kier molecular flexibility index (Phi) is 7.90. The van der Waals surface area contributed by atoms with Crippen LogP contribution in [0.3, 0.4) is 0 Å². The van der Waals surface area contributed by atoms with Gasteiger partial charge in [-0.15, -0.1) is 0 Å². The highest BCUT2D eigenvalue weighted by atomic mass is 79.9. The maximum atomic E-state index is 11.5. The Morgan fingerprint density at radius 2 is 2.08 bits per heavy atom. The maximum Gasteiger partial charge on any atom is 0.329 e. The summed E-state index contributed by atoms with van der Waals surface area (Å²) in [5.41, 5.74) is 7.80. The first-order valence-corrected chi connectivity index (χ1v) is 7.97. The minimum absolute atomic E-state index is 0.0869. The monoisotopic (exact) mass is 398 g/mol. The van der Waals surface area contributed by atoms with Gasteiger partial charge in [0, 0.05) is 6.04 Å². The summed E-state index contributed by atoms with van der Waals surface area (Å²) in [7, 11) is 0. The van der Waals surface area contributed by atoms with Crippen molar-refractivity contribution in [2.24, 2.45) is 10.8 Å². The molecular formula is C15H19BrN4O4. The number of hydrogen-bond acceptors (Lipinski definition) is 5. The van der Waals surface area contributed by atoms with Gasteiger partial charge in [-0.1, -0.05) is 6.92 Å². The van der Waals surface area contributed by atoms with Gasteiger partial charge >= 0.3 is 11.8 Å². The third-order valence-corrected chi connectivity index (χ3v) is 3.52. The Balaban J connectivity index is 2.58. The summed E-state index contributed by atoms with van der Waals surface area (Å²) in [5.74, 6) is -1.71. The molecule has 24 heavy (non-hydrogen) atoms. The van der Waals surface area contributed by atoms with Gasteiger partial charge < -0.3 is 15.8 Å². The van der Waals surface area contributed by atoms with Gasteiger partial charge in [0.15, 0.2) is 6.61 Å². The Hall–Kier alpha value is -2.42. The van der Waals surface area contributed by atoms with E-state index in [-0.39, 0.29) is 12.6 Å². The summed E-state index contributed by atoms with van der Waals surface area (Å²) < 4.78 is 5.78. The zero-order chi connectivity index (χ0) is 18.1. The van der Waals surface area contributed by atoms with Gasteiger partial charge in [-0.05, 0) is 53.0 Å². The van der Waals surface area contributed by atoms with E-state index in [1.165, 1.54) is 6.21 Å². The van der Waals surface area contributed by atoms with E-state index >= 15 is 0 Å². The molecule has 0 bridgehead atoms. The van der Waals surface area contributed by atoms with Crippen molar-refractivity contribution in [1.29, 1.82) is 0 Å². The number of hydrazone groups is 1. The molecule has 1 rings (SSSR count). The summed E-state index contributed by atoms with van der Waals surface area (Å²) in [6.07, 6.45) is 2.09. The molecule has 3 amide bonds. The molecule has 4 N–H and O–H groups in total. The predicted octanol–water partition coefficient (Wildman–Crippen LogP) is 0.678. The molecule has 0 fully saturated rings. The van der Waals surface area contributed by atoms with E-state index in [0.717, 1.165) is 6.42 Å². The Bertz CT molecular complexity index is 648. The third-order valence-electron chi connectivity index (χ3n) is 2.90. The molecule has 0 aromatic heterocycles. The minimum atomic E-state index is -0.841. The molecule has 9 heteroatoms. The molecule has 1 atom stereocenters. The van der Waals surface area contributed by atoms with Crippen LogP contribution in [0.4, 0.5) is 0 Å². The lowest BCUT2D eigenvalue weighted by Crippen LogP contribution is -2.41. The van der Waals surface area contributed by atoms with Gasteiger partial charge in [-0.2, -0.15) is 5.10 Å². The second kappa shape index (κ2) is 9.66. The van der Waals surface area contributed by atoms with E-state index in [4.69, 9.17) is 10.5 Å². The van der Waals surface area contributed by atoms with Gasteiger partial charge in [0.2, 0.25) is 0 Å². The molecular weight excluding hydrogens is 380 g/mol. The Labute approximate surface area is 147 Å². The molecule has 0 aliphatic heterocycles. The van der Waals surface area contributed by atoms with E-state index in [0.29, 0.717) is 15.8 Å². The van der Waals surface area contributed by atoms with Crippen LogP contribution in [-0.2, 0) is 14.4 Å². The maximum absolute atomic E-state index is 11.5. The lowest BCUT2D eigenvalue weighted by molar-refractivity contribution is -0.139. The van der Waals surface area contributed by atoms with Gasteiger partial charge in [-0.25, -0.2) is 5.43 Å². The first kappa shape index (κ1) is 19.6. The van der Waals surface area contributed by atoms with E-state index < -0.39 is 17.7 Å². The predicted molar refractivity (Wildman–Crippen MR) is 92.5 cm³/mol. The number of nitrogens with one attached hydrogen (secondary N) is 2. The number of rotatable bonds is 7. The average molecular weight is 399 g/mol. The zero-order valence-corrected chi connectivity index (χ0v) is 14.9. The highest BCUT2D eigenvalue weighted by Crippen LogP contribution is 2.25.